The van der Waals surface area contributed by atoms with Gasteiger partial charge in [0.1, 0.15) is 0 Å². The summed E-state index contributed by atoms with van der Waals surface area (Å²) >= 11 is 0. The molecule has 0 fully saturated rings. The van der Waals surface area contributed by atoms with Crippen molar-refractivity contribution in [3.8, 4) is 0 Å². The van der Waals surface area contributed by atoms with Gasteiger partial charge in [-0.3, -0.25) is 9.55 Å². The molecule has 2 N–H and O–H groups in total. The SMILES string of the molecule is Cc1n[c-]nc2c1ncn2C[C-](C)C.[CH2-]P(=O)(O)O.[V].[W].[Y]. The van der Waals surface area contributed by atoms with Gasteiger partial charge in [-0.2, -0.15) is 13.8 Å². The van der Waals surface area contributed by atoms with Crippen molar-refractivity contribution in [3.63, 3.8) is 0 Å². The van der Waals surface area contributed by atoms with Crippen LogP contribution in [0.15, 0.2) is 6.33 Å². The van der Waals surface area contributed by atoms with Crippen molar-refractivity contribution in [3.05, 3.63) is 30.9 Å². The third-order valence-corrected chi connectivity index (χ3v) is 2.01. The summed E-state index contributed by atoms with van der Waals surface area (Å²) < 4.78 is 11.2. The van der Waals surface area contributed by atoms with Gasteiger partial charge >= 0.3 is 0 Å². The van der Waals surface area contributed by atoms with E-state index >= 15 is 0 Å². The fourth-order valence-electron chi connectivity index (χ4n) is 1.40. The van der Waals surface area contributed by atoms with Crippen molar-refractivity contribution < 1.29 is 86.7 Å². The molecule has 0 atom stereocenters. The Hall–Kier alpha value is 1.08. The normalized spacial score (nSPS) is 9.95. The van der Waals surface area contributed by atoms with Crippen molar-refractivity contribution in [1.29, 1.82) is 0 Å². The molecule has 0 aromatic carbocycles. The minimum Gasteiger partial charge on any atom is -0.398 e. The van der Waals surface area contributed by atoms with Gasteiger partial charge in [0.05, 0.1) is 6.33 Å². The Balaban J connectivity index is -0.000000401. The largest absolute Gasteiger partial charge is 0.398 e. The Bertz CT molecular complexity index is 600. The van der Waals surface area contributed by atoms with Gasteiger partial charge in [0.2, 0.25) is 0 Å². The molecule has 0 bridgehead atoms. The predicted octanol–water partition coefficient (Wildman–Crippen LogP) is 1.50. The molecule has 0 aliphatic rings. The molecule has 120 valence electrons. The smallest absolute Gasteiger partial charge is 0.179 e. The summed E-state index contributed by atoms with van der Waals surface area (Å²) in [6.45, 7) is 9.38. The third-order valence-electron chi connectivity index (χ3n) is 2.01. The average Bonchev–Trinajstić information content (AvgIpc) is 2.60. The average molecular weight is 607 g/mol. The summed E-state index contributed by atoms with van der Waals surface area (Å²) in [6, 6.07) is 0. The number of hydrogen-bond acceptors (Lipinski definition) is 4. The Morgan fingerprint density at radius 3 is 2.36 bits per heavy atom. The van der Waals surface area contributed by atoms with Gasteiger partial charge in [-0.05, 0) is 5.69 Å². The Labute approximate surface area is 181 Å². The first-order valence-electron chi connectivity index (χ1n) is 5.43. The van der Waals surface area contributed by atoms with E-state index in [1.54, 1.807) is 6.33 Å². The van der Waals surface area contributed by atoms with Crippen LogP contribution < -0.4 is 0 Å². The van der Waals surface area contributed by atoms with Gasteiger partial charge in [-0.15, -0.1) is 6.54 Å². The van der Waals surface area contributed by atoms with Crippen molar-refractivity contribution in [1.82, 2.24) is 19.5 Å². The summed E-state index contributed by atoms with van der Waals surface area (Å²) in [6.07, 6.45) is 4.43. The minimum atomic E-state index is -3.89. The zero-order valence-corrected chi connectivity index (χ0v) is 20.5. The van der Waals surface area contributed by atoms with Crippen LogP contribution in [0.2, 0.25) is 0 Å². The molecule has 11 heteroatoms. The Kier molecular flexibility index (Phi) is 15.8. The molecule has 0 saturated heterocycles. The van der Waals surface area contributed by atoms with Crippen LogP contribution in [-0.2, 0) is 83.4 Å². The molecule has 0 aliphatic heterocycles. The fourth-order valence-corrected chi connectivity index (χ4v) is 1.40. The van der Waals surface area contributed by atoms with Crippen LogP contribution in [0.5, 0.6) is 0 Å². The Morgan fingerprint density at radius 1 is 1.41 bits per heavy atom. The number of fused-ring (bicyclic) bond motifs is 1. The number of nitrogens with zero attached hydrogens (tertiary/aromatic N) is 4. The van der Waals surface area contributed by atoms with E-state index in [2.05, 4.69) is 41.8 Å². The molecule has 2 heterocycles. The molecule has 0 amide bonds. The van der Waals surface area contributed by atoms with Crippen molar-refractivity contribution >= 4 is 18.8 Å². The minimum absolute atomic E-state index is 0. The van der Waals surface area contributed by atoms with E-state index in [9.17, 15) is 4.57 Å². The van der Waals surface area contributed by atoms with Crippen LogP contribution in [0.3, 0.4) is 0 Å². The summed E-state index contributed by atoms with van der Waals surface area (Å²) in [7, 11) is -3.89. The van der Waals surface area contributed by atoms with E-state index in [1.807, 2.05) is 11.5 Å². The number of aromatic nitrogens is 4. The molecule has 0 saturated carbocycles. The number of aryl methyl sites for hydroxylation is 1. The first kappa shape index (κ1) is 27.9. The number of imidazole rings is 1. The second-order valence-corrected chi connectivity index (χ2v) is 5.65. The monoisotopic (exact) mass is 607 g/mol. The molecular formula is C11H16N4O3PVWY-3. The zero-order valence-electron chi connectivity index (χ0n) is 12.5. The van der Waals surface area contributed by atoms with Crippen molar-refractivity contribution in [2.75, 3.05) is 0 Å². The van der Waals surface area contributed by atoms with Crippen LogP contribution in [0.4, 0.5) is 0 Å². The Morgan fingerprint density at radius 2 is 1.91 bits per heavy atom. The zero-order chi connectivity index (χ0) is 14.6. The van der Waals surface area contributed by atoms with Gasteiger partial charge in [0.25, 0.3) is 0 Å². The van der Waals surface area contributed by atoms with E-state index in [-0.39, 0.29) is 72.3 Å². The maximum Gasteiger partial charge on any atom is 0.179 e. The first-order valence-corrected chi connectivity index (χ1v) is 7.22. The van der Waals surface area contributed by atoms with E-state index < -0.39 is 7.60 Å². The summed E-state index contributed by atoms with van der Waals surface area (Å²) in [4.78, 5) is 27.4. The maximum absolute atomic E-state index is 9.22. The van der Waals surface area contributed by atoms with Crippen molar-refractivity contribution in [2.24, 2.45) is 0 Å². The van der Waals surface area contributed by atoms with Gasteiger partial charge in [0, 0.05) is 89.8 Å². The van der Waals surface area contributed by atoms with Crippen LogP contribution >= 0.6 is 7.60 Å². The van der Waals surface area contributed by atoms with E-state index in [0.717, 1.165) is 23.4 Å². The summed E-state index contributed by atoms with van der Waals surface area (Å²) in [5.74, 6) is 1.32. The standard InChI is InChI=1S/C10H12N4.CH4O3P.V.W.Y/c1-7(2)4-14-6-13-9-8(3)11-5-12-10(9)14;1-5(2,3)4;;;/h6H,4H2,1-3H3;1H2,(H2,2,3,4);;;/q-2;-1;;;. The molecule has 2 rings (SSSR count). The molecule has 2 aromatic heterocycles. The van der Waals surface area contributed by atoms with Crippen molar-refractivity contribution in [2.45, 2.75) is 27.3 Å². The number of hydrogen-bond donors (Lipinski definition) is 2. The van der Waals surface area contributed by atoms with Gasteiger partial charge < -0.3 is 30.2 Å². The van der Waals surface area contributed by atoms with Gasteiger partial charge in [-0.25, -0.2) is 6.66 Å². The topological polar surface area (TPSA) is 101 Å². The molecule has 0 spiro atoms. The fraction of sp³-hybridized carbons (Fsp3) is 0.364. The summed E-state index contributed by atoms with van der Waals surface area (Å²) in [5.41, 5.74) is 2.60. The maximum atomic E-state index is 9.22. The first-order chi connectivity index (χ1) is 8.68. The van der Waals surface area contributed by atoms with Crippen LogP contribution in [0, 0.1) is 25.8 Å². The van der Waals surface area contributed by atoms with E-state index in [0.29, 0.717) is 0 Å². The van der Waals surface area contributed by atoms with Crippen LogP contribution in [0.1, 0.15) is 19.5 Å². The molecule has 2 radical (unpaired) electrons. The molecule has 22 heavy (non-hydrogen) atoms. The molecule has 0 aliphatic carbocycles. The number of rotatable bonds is 2. The quantitative estimate of drug-likeness (QED) is 0.397. The molecular weight excluding hydrogens is 591 g/mol. The van der Waals surface area contributed by atoms with Gasteiger partial charge in [-0.1, -0.05) is 6.92 Å². The molecule has 7 nitrogen and oxygen atoms in total. The second-order valence-electron chi connectivity index (χ2n) is 4.33. The van der Waals surface area contributed by atoms with Crippen LogP contribution in [0.25, 0.3) is 11.2 Å². The second kappa shape index (κ2) is 12.4. The predicted molar refractivity (Wildman–Crippen MR) is 70.9 cm³/mol. The van der Waals surface area contributed by atoms with Gasteiger partial charge in [0.15, 0.2) is 7.60 Å². The molecule has 2 aromatic rings. The third kappa shape index (κ3) is 10.8. The van der Waals surface area contributed by atoms with E-state index in [1.165, 1.54) is 5.92 Å². The van der Waals surface area contributed by atoms with Crippen LogP contribution in [-0.4, -0.2) is 29.3 Å². The van der Waals surface area contributed by atoms with E-state index in [4.69, 9.17) is 9.79 Å². The summed E-state index contributed by atoms with van der Waals surface area (Å²) in [5, 5.41) is 0. The molecule has 0 unspecified atom stereocenters.